The van der Waals surface area contributed by atoms with Crippen LogP contribution in [0.5, 0.6) is 0 Å². The van der Waals surface area contributed by atoms with Gasteiger partial charge in [0.2, 0.25) is 5.91 Å². The highest BCUT2D eigenvalue weighted by Gasteiger charge is 2.40. The molecule has 0 unspecified atom stereocenters. The van der Waals surface area contributed by atoms with Gasteiger partial charge in [0, 0.05) is 6.54 Å². The summed E-state index contributed by atoms with van der Waals surface area (Å²) in [6.45, 7) is 2.52. The first-order chi connectivity index (χ1) is 9.48. The van der Waals surface area contributed by atoms with Crippen molar-refractivity contribution in [3.8, 4) is 0 Å². The van der Waals surface area contributed by atoms with Crippen LogP contribution in [0.4, 0.5) is 5.82 Å². The van der Waals surface area contributed by atoms with Gasteiger partial charge in [0.15, 0.2) is 11.0 Å². The third-order valence-corrected chi connectivity index (χ3v) is 4.82. The van der Waals surface area contributed by atoms with E-state index in [0.717, 1.165) is 25.7 Å². The average Bonchev–Trinajstić information content (AvgIpc) is 2.45. The van der Waals surface area contributed by atoms with Crippen molar-refractivity contribution >= 4 is 34.9 Å². The van der Waals surface area contributed by atoms with E-state index in [1.165, 1.54) is 6.33 Å². The van der Waals surface area contributed by atoms with E-state index in [9.17, 15) is 4.79 Å². The van der Waals surface area contributed by atoms with Crippen LogP contribution in [0.3, 0.4) is 0 Å². The summed E-state index contributed by atoms with van der Waals surface area (Å²) in [5, 5.41) is 3.01. The second kappa shape index (κ2) is 6.24. The molecule has 1 aromatic heterocycles. The van der Waals surface area contributed by atoms with Crippen LogP contribution in [0, 0.1) is 11.3 Å². The highest BCUT2D eigenvalue weighted by Crippen LogP contribution is 2.39. The van der Waals surface area contributed by atoms with Gasteiger partial charge in [-0.1, -0.05) is 30.1 Å². The van der Waals surface area contributed by atoms with Crippen molar-refractivity contribution < 1.29 is 4.79 Å². The molecule has 5 nitrogen and oxygen atoms in total. The Morgan fingerprint density at radius 3 is 2.70 bits per heavy atom. The zero-order chi connectivity index (χ0) is 14.8. The summed E-state index contributed by atoms with van der Waals surface area (Å²) in [7, 11) is 0. The molecule has 7 heteroatoms. The highest BCUT2D eigenvalue weighted by molar-refractivity contribution is 6.42. The molecule has 0 spiro atoms. The van der Waals surface area contributed by atoms with Gasteiger partial charge < -0.3 is 11.1 Å². The SMILES string of the molecule is CC1CCC(CN)(C(=O)Nc2ncnc(Cl)c2Cl)CC1. The normalized spacial score (nSPS) is 26.3. The minimum absolute atomic E-state index is 0.121. The van der Waals surface area contributed by atoms with E-state index in [1.54, 1.807) is 0 Å². The Labute approximate surface area is 128 Å². The maximum absolute atomic E-state index is 12.5. The highest BCUT2D eigenvalue weighted by atomic mass is 35.5. The number of aromatic nitrogens is 2. The molecular formula is C13H18Cl2N4O. The molecule has 1 aliphatic carbocycles. The molecule has 0 aromatic carbocycles. The van der Waals surface area contributed by atoms with Gasteiger partial charge in [-0.2, -0.15) is 0 Å². The zero-order valence-corrected chi connectivity index (χ0v) is 12.8. The van der Waals surface area contributed by atoms with Crippen LogP contribution in [0.1, 0.15) is 32.6 Å². The topological polar surface area (TPSA) is 80.9 Å². The summed E-state index contributed by atoms with van der Waals surface area (Å²) in [6, 6.07) is 0. The molecule has 0 radical (unpaired) electrons. The number of carbonyl (C=O) groups excluding carboxylic acids is 1. The van der Waals surface area contributed by atoms with Gasteiger partial charge in [-0.25, -0.2) is 9.97 Å². The standard InChI is InChI=1S/C13H18Cl2N4O/c1-8-2-4-13(6-16,5-3-8)12(20)19-11-9(14)10(15)17-7-18-11/h7-8H,2-6,16H2,1H3,(H,17,18,19,20). The van der Waals surface area contributed by atoms with Gasteiger partial charge in [-0.05, 0) is 31.6 Å². The third-order valence-electron chi connectivity index (χ3n) is 4.08. The lowest BCUT2D eigenvalue weighted by atomic mass is 9.70. The average molecular weight is 317 g/mol. The first-order valence-electron chi connectivity index (χ1n) is 6.66. The van der Waals surface area contributed by atoms with E-state index < -0.39 is 5.41 Å². The predicted octanol–water partition coefficient (Wildman–Crippen LogP) is 2.88. The van der Waals surface area contributed by atoms with Crippen molar-refractivity contribution in [1.82, 2.24) is 9.97 Å². The fourth-order valence-electron chi connectivity index (χ4n) is 2.51. The van der Waals surface area contributed by atoms with Crippen molar-refractivity contribution in [3.05, 3.63) is 16.5 Å². The summed E-state index contributed by atoms with van der Waals surface area (Å²) in [4.78, 5) is 20.2. The molecule has 0 bridgehead atoms. The summed E-state index contributed by atoms with van der Waals surface area (Å²) in [5.41, 5.74) is 5.32. The van der Waals surface area contributed by atoms with E-state index in [1.807, 2.05) is 0 Å². The predicted molar refractivity (Wildman–Crippen MR) is 79.8 cm³/mol. The number of nitrogens with one attached hydrogen (secondary N) is 1. The summed E-state index contributed by atoms with van der Waals surface area (Å²) in [6.07, 6.45) is 4.84. The Hall–Kier alpha value is -0.910. The van der Waals surface area contributed by atoms with Gasteiger partial charge >= 0.3 is 0 Å². The van der Waals surface area contributed by atoms with Crippen LogP contribution in [-0.2, 0) is 4.79 Å². The van der Waals surface area contributed by atoms with Crippen LogP contribution in [0.15, 0.2) is 6.33 Å². The van der Waals surface area contributed by atoms with Crippen molar-refractivity contribution in [2.45, 2.75) is 32.6 Å². The lowest BCUT2D eigenvalue weighted by Crippen LogP contribution is -2.45. The largest absolute Gasteiger partial charge is 0.329 e. The second-order valence-corrected chi connectivity index (χ2v) is 6.18. The molecular weight excluding hydrogens is 299 g/mol. The van der Waals surface area contributed by atoms with Crippen LogP contribution in [-0.4, -0.2) is 22.4 Å². The number of hydrogen-bond donors (Lipinski definition) is 2. The summed E-state index contributed by atoms with van der Waals surface area (Å²) < 4.78 is 0. The Bertz CT molecular complexity index is 501. The maximum Gasteiger partial charge on any atom is 0.233 e. The molecule has 3 N–H and O–H groups in total. The minimum atomic E-state index is -0.534. The molecule has 110 valence electrons. The van der Waals surface area contributed by atoms with Crippen LogP contribution in [0.25, 0.3) is 0 Å². The molecule has 1 aliphatic rings. The van der Waals surface area contributed by atoms with Gasteiger partial charge in [0.25, 0.3) is 0 Å². The van der Waals surface area contributed by atoms with E-state index in [2.05, 4.69) is 22.2 Å². The van der Waals surface area contributed by atoms with E-state index in [4.69, 9.17) is 28.9 Å². The molecule has 1 amide bonds. The number of nitrogens with two attached hydrogens (primary N) is 1. The van der Waals surface area contributed by atoms with E-state index >= 15 is 0 Å². The summed E-state index contributed by atoms with van der Waals surface area (Å²) >= 11 is 11.8. The quantitative estimate of drug-likeness (QED) is 0.840. The number of anilines is 1. The third kappa shape index (κ3) is 3.05. The van der Waals surface area contributed by atoms with Crippen molar-refractivity contribution in [2.24, 2.45) is 17.1 Å². The number of halogens is 2. The zero-order valence-electron chi connectivity index (χ0n) is 11.3. The van der Waals surface area contributed by atoms with E-state index in [-0.39, 0.29) is 21.9 Å². The monoisotopic (exact) mass is 316 g/mol. The lowest BCUT2D eigenvalue weighted by Gasteiger charge is -2.37. The second-order valence-electron chi connectivity index (χ2n) is 5.45. The van der Waals surface area contributed by atoms with Gasteiger partial charge in [0.05, 0.1) is 5.41 Å². The van der Waals surface area contributed by atoms with Crippen molar-refractivity contribution in [3.63, 3.8) is 0 Å². The van der Waals surface area contributed by atoms with Crippen LogP contribution < -0.4 is 11.1 Å². The molecule has 20 heavy (non-hydrogen) atoms. The number of hydrogen-bond acceptors (Lipinski definition) is 4. The molecule has 2 rings (SSSR count). The summed E-state index contributed by atoms with van der Waals surface area (Å²) in [5.74, 6) is 0.742. The molecule has 1 aromatic rings. The minimum Gasteiger partial charge on any atom is -0.329 e. The molecule has 1 saturated carbocycles. The fraction of sp³-hybridized carbons (Fsp3) is 0.615. The van der Waals surface area contributed by atoms with Crippen molar-refractivity contribution in [1.29, 1.82) is 0 Å². The Kier molecular flexibility index (Phi) is 4.83. The van der Waals surface area contributed by atoms with E-state index in [0.29, 0.717) is 12.5 Å². The maximum atomic E-state index is 12.5. The number of carbonyl (C=O) groups is 1. The molecule has 1 heterocycles. The lowest BCUT2D eigenvalue weighted by molar-refractivity contribution is -0.127. The molecule has 0 aliphatic heterocycles. The number of nitrogens with zero attached hydrogens (tertiary/aromatic N) is 2. The first-order valence-corrected chi connectivity index (χ1v) is 7.41. The number of rotatable bonds is 3. The molecule has 0 atom stereocenters. The Morgan fingerprint density at radius 2 is 2.10 bits per heavy atom. The van der Waals surface area contributed by atoms with Crippen LogP contribution >= 0.6 is 23.2 Å². The fourth-order valence-corrected chi connectivity index (χ4v) is 2.79. The van der Waals surface area contributed by atoms with Crippen molar-refractivity contribution in [2.75, 3.05) is 11.9 Å². The Morgan fingerprint density at radius 1 is 1.45 bits per heavy atom. The number of amides is 1. The molecule has 1 fully saturated rings. The van der Waals surface area contributed by atoms with Crippen LogP contribution in [0.2, 0.25) is 10.2 Å². The van der Waals surface area contributed by atoms with Gasteiger partial charge in [-0.3, -0.25) is 4.79 Å². The first kappa shape index (κ1) is 15.5. The smallest absolute Gasteiger partial charge is 0.233 e. The Balaban J connectivity index is 2.16. The van der Waals surface area contributed by atoms with Gasteiger partial charge in [-0.15, -0.1) is 0 Å². The van der Waals surface area contributed by atoms with Gasteiger partial charge in [0.1, 0.15) is 11.3 Å². The molecule has 0 saturated heterocycles.